The number of hydrogen-bond donors (Lipinski definition) is 0. The summed E-state index contributed by atoms with van der Waals surface area (Å²) in [7, 11) is -3.36. The van der Waals surface area contributed by atoms with Gasteiger partial charge in [-0.2, -0.15) is 4.98 Å². The lowest BCUT2D eigenvalue weighted by Gasteiger charge is -2.34. The zero-order valence-corrected chi connectivity index (χ0v) is 20.6. The van der Waals surface area contributed by atoms with E-state index in [1.54, 1.807) is 0 Å². The van der Waals surface area contributed by atoms with Gasteiger partial charge in [-0.15, -0.1) is 11.3 Å². The van der Waals surface area contributed by atoms with E-state index in [2.05, 4.69) is 27.8 Å². The minimum Gasteiger partial charge on any atom is -0.356 e. The maximum atomic E-state index is 13.0. The highest BCUT2D eigenvalue weighted by Gasteiger charge is 2.57. The quantitative estimate of drug-likeness (QED) is 0.544. The zero-order valence-electron chi connectivity index (χ0n) is 19.0. The molecule has 174 valence electrons. The lowest BCUT2D eigenvalue weighted by Crippen LogP contribution is -2.39. The number of para-hydroxylation sites is 1. The smallest absolute Gasteiger partial charge is 0.227 e. The molecule has 1 aliphatic carbocycles. The fourth-order valence-corrected chi connectivity index (χ4v) is 8.67. The number of benzene rings is 1. The van der Waals surface area contributed by atoms with Crippen LogP contribution in [-0.2, 0) is 9.84 Å². The van der Waals surface area contributed by atoms with Crippen LogP contribution in [-0.4, -0.2) is 54.8 Å². The molecule has 2 saturated heterocycles. The summed E-state index contributed by atoms with van der Waals surface area (Å²) >= 11 is 1.29. The van der Waals surface area contributed by atoms with Gasteiger partial charge < -0.3 is 9.80 Å². The van der Waals surface area contributed by atoms with E-state index in [4.69, 9.17) is 9.97 Å². The van der Waals surface area contributed by atoms with Gasteiger partial charge in [-0.3, -0.25) is 0 Å². The number of aromatic nitrogens is 3. The van der Waals surface area contributed by atoms with Crippen molar-refractivity contribution in [2.75, 3.05) is 35.2 Å². The third-order valence-corrected chi connectivity index (χ3v) is 10.8. The molecule has 0 radical (unpaired) electrons. The third-order valence-electron chi connectivity index (χ3n) is 7.54. The molecule has 6 rings (SSSR count). The number of hydrogen-bond acceptors (Lipinski definition) is 8. The Morgan fingerprint density at radius 1 is 1.09 bits per heavy atom. The molecule has 4 heterocycles. The van der Waals surface area contributed by atoms with Gasteiger partial charge in [0.15, 0.2) is 0 Å². The number of rotatable bonds is 5. The standard InChI is InChI=1S/C24H29N5O2S2/c1-15-11-22(27-23(25-15)29-10-6-5-7-16(29)2)28-12-17-18(13-28)19(17)14-33(30,31)24-26-20-8-3-4-9-21(20)32-24/h3-4,8-9,11,16-19H,5-7,10,12-14H2,1-2H3/t16-,17-,18+,19?/m0/s1. The van der Waals surface area contributed by atoms with Crippen molar-refractivity contribution < 1.29 is 8.42 Å². The van der Waals surface area contributed by atoms with Crippen LogP contribution in [0.3, 0.4) is 0 Å². The van der Waals surface area contributed by atoms with Crippen LogP contribution in [0.1, 0.15) is 31.9 Å². The summed E-state index contributed by atoms with van der Waals surface area (Å²) in [6, 6.07) is 10.1. The zero-order chi connectivity index (χ0) is 22.7. The van der Waals surface area contributed by atoms with Crippen LogP contribution >= 0.6 is 11.3 Å². The molecule has 33 heavy (non-hydrogen) atoms. The molecule has 0 spiro atoms. The summed E-state index contributed by atoms with van der Waals surface area (Å²) in [5.41, 5.74) is 1.75. The molecule has 3 fully saturated rings. The van der Waals surface area contributed by atoms with E-state index in [9.17, 15) is 8.42 Å². The number of fused-ring (bicyclic) bond motifs is 2. The Kier molecular flexibility index (Phi) is 5.10. The summed E-state index contributed by atoms with van der Waals surface area (Å²) in [5, 5.41) is 0. The van der Waals surface area contributed by atoms with Crippen molar-refractivity contribution >= 4 is 43.2 Å². The molecule has 3 aromatic rings. The van der Waals surface area contributed by atoms with E-state index in [1.807, 2.05) is 31.2 Å². The highest BCUT2D eigenvalue weighted by Crippen LogP contribution is 2.53. The molecule has 2 aliphatic heterocycles. The Morgan fingerprint density at radius 2 is 1.88 bits per heavy atom. The summed E-state index contributed by atoms with van der Waals surface area (Å²) < 4.78 is 27.3. The number of thiazole rings is 1. The van der Waals surface area contributed by atoms with Crippen LogP contribution in [0.5, 0.6) is 0 Å². The van der Waals surface area contributed by atoms with Crippen molar-refractivity contribution in [3.05, 3.63) is 36.0 Å². The van der Waals surface area contributed by atoms with Crippen LogP contribution in [0.25, 0.3) is 10.2 Å². The molecule has 2 aromatic heterocycles. The highest BCUT2D eigenvalue weighted by atomic mass is 32.2. The molecule has 0 bridgehead atoms. The number of nitrogens with zero attached hydrogens (tertiary/aromatic N) is 5. The van der Waals surface area contributed by atoms with Crippen molar-refractivity contribution in [1.82, 2.24) is 15.0 Å². The largest absolute Gasteiger partial charge is 0.356 e. The van der Waals surface area contributed by atoms with E-state index in [1.165, 1.54) is 30.6 Å². The molecule has 1 aromatic carbocycles. The number of sulfone groups is 1. The fraction of sp³-hybridized carbons (Fsp3) is 0.542. The number of piperidine rings is 2. The van der Waals surface area contributed by atoms with Crippen LogP contribution in [0.4, 0.5) is 11.8 Å². The Labute approximate surface area is 198 Å². The van der Waals surface area contributed by atoms with Crippen molar-refractivity contribution in [2.24, 2.45) is 17.8 Å². The predicted molar refractivity (Wildman–Crippen MR) is 132 cm³/mol. The summed E-state index contributed by atoms with van der Waals surface area (Å²) in [6.07, 6.45) is 3.65. The van der Waals surface area contributed by atoms with Gasteiger partial charge in [0.2, 0.25) is 20.1 Å². The average molecular weight is 484 g/mol. The molecule has 3 aliphatic rings. The van der Waals surface area contributed by atoms with E-state index in [-0.39, 0.29) is 16.0 Å². The number of aryl methyl sites for hydroxylation is 1. The Bertz CT molecular complexity index is 1260. The van der Waals surface area contributed by atoms with E-state index in [0.717, 1.165) is 47.3 Å². The first kappa shape index (κ1) is 21.3. The highest BCUT2D eigenvalue weighted by molar-refractivity contribution is 7.93. The van der Waals surface area contributed by atoms with Crippen LogP contribution in [0.2, 0.25) is 0 Å². The first-order valence-corrected chi connectivity index (χ1v) is 14.3. The molecular formula is C24H29N5O2S2. The first-order chi connectivity index (χ1) is 15.9. The molecule has 0 N–H and O–H groups in total. The van der Waals surface area contributed by atoms with Crippen LogP contribution in [0, 0.1) is 24.7 Å². The molecule has 0 amide bonds. The second kappa shape index (κ2) is 7.91. The van der Waals surface area contributed by atoms with Crippen molar-refractivity contribution in [2.45, 2.75) is 43.5 Å². The van der Waals surface area contributed by atoms with Gasteiger partial charge in [-0.1, -0.05) is 12.1 Å². The van der Waals surface area contributed by atoms with Gasteiger partial charge in [0, 0.05) is 37.4 Å². The minimum absolute atomic E-state index is 0.204. The predicted octanol–water partition coefficient (Wildman–Crippen LogP) is 3.93. The van der Waals surface area contributed by atoms with Crippen LogP contribution < -0.4 is 9.80 Å². The van der Waals surface area contributed by atoms with Crippen LogP contribution in [0.15, 0.2) is 34.7 Å². The Hall–Kier alpha value is -2.26. The van der Waals surface area contributed by atoms with Crippen molar-refractivity contribution in [3.8, 4) is 0 Å². The second-order valence-corrected chi connectivity index (χ2v) is 13.1. The monoisotopic (exact) mass is 483 g/mol. The van der Waals surface area contributed by atoms with E-state index in [0.29, 0.717) is 17.9 Å². The molecule has 4 atom stereocenters. The van der Waals surface area contributed by atoms with Gasteiger partial charge in [-0.05, 0) is 63.0 Å². The summed E-state index contributed by atoms with van der Waals surface area (Å²) in [4.78, 5) is 18.7. The molecule has 1 saturated carbocycles. The molecule has 9 heteroatoms. The Balaban J connectivity index is 1.14. The topological polar surface area (TPSA) is 79.3 Å². The van der Waals surface area contributed by atoms with Gasteiger partial charge in [0.25, 0.3) is 0 Å². The summed E-state index contributed by atoms with van der Waals surface area (Å²) in [5.74, 6) is 3.09. The van der Waals surface area contributed by atoms with Gasteiger partial charge in [0.05, 0.1) is 16.0 Å². The summed E-state index contributed by atoms with van der Waals surface area (Å²) in [6.45, 7) is 7.05. The van der Waals surface area contributed by atoms with Crippen molar-refractivity contribution in [1.29, 1.82) is 0 Å². The normalized spacial score (nSPS) is 27.2. The second-order valence-electron chi connectivity index (χ2n) is 9.83. The van der Waals surface area contributed by atoms with Gasteiger partial charge >= 0.3 is 0 Å². The lowest BCUT2D eigenvalue weighted by molar-refractivity contribution is 0.476. The lowest BCUT2D eigenvalue weighted by atomic mass is 10.0. The number of anilines is 2. The molecular weight excluding hydrogens is 454 g/mol. The average Bonchev–Trinajstić information content (AvgIpc) is 3.16. The molecule has 7 nitrogen and oxygen atoms in total. The minimum atomic E-state index is -3.36. The Morgan fingerprint density at radius 3 is 2.64 bits per heavy atom. The van der Waals surface area contributed by atoms with Gasteiger partial charge in [-0.25, -0.2) is 18.4 Å². The van der Waals surface area contributed by atoms with E-state index < -0.39 is 9.84 Å². The fourth-order valence-electron chi connectivity index (χ4n) is 5.61. The van der Waals surface area contributed by atoms with Crippen molar-refractivity contribution in [3.63, 3.8) is 0 Å². The SMILES string of the molecule is Cc1cc(N2C[C@@H]3C(CS(=O)(=O)c4nc5ccccc5s4)[C@@H]3C2)nc(N2CCCC[C@@H]2C)n1. The third kappa shape index (κ3) is 3.89. The van der Waals surface area contributed by atoms with E-state index >= 15 is 0 Å². The maximum absolute atomic E-state index is 13.0. The maximum Gasteiger partial charge on any atom is 0.227 e. The first-order valence-electron chi connectivity index (χ1n) is 11.8. The van der Waals surface area contributed by atoms with Gasteiger partial charge in [0.1, 0.15) is 5.82 Å². The molecule has 1 unspecified atom stereocenters.